The Kier molecular flexibility index (Phi) is 5.00. The molecular weight excluding hydrogens is 292 g/mol. The van der Waals surface area contributed by atoms with Crippen LogP contribution in [0.2, 0.25) is 0 Å². The van der Waals surface area contributed by atoms with Crippen molar-refractivity contribution >= 4 is 17.5 Å². The molecule has 0 radical (unpaired) electrons. The number of hydrogen-bond donors (Lipinski definition) is 0. The predicted octanol–water partition coefficient (Wildman–Crippen LogP) is 2.16. The zero-order valence-corrected chi connectivity index (χ0v) is 11.4. The first-order valence-electron chi connectivity index (χ1n) is 6.13. The van der Waals surface area contributed by atoms with Crippen molar-refractivity contribution in [2.24, 2.45) is 0 Å². The van der Waals surface area contributed by atoms with Crippen molar-refractivity contribution in [1.29, 1.82) is 0 Å². The average molecular weight is 306 g/mol. The molecule has 1 aliphatic heterocycles. The fraction of sp³-hybridized carbons (Fsp3) is 0.462. The lowest BCUT2D eigenvalue weighted by Crippen LogP contribution is -2.48. The van der Waals surface area contributed by atoms with Crippen LogP contribution in [0.1, 0.15) is 0 Å². The van der Waals surface area contributed by atoms with Crippen molar-refractivity contribution in [3.05, 3.63) is 24.3 Å². The number of carbonyl (C=O) groups excluding carboxylic acids is 1. The number of para-hydroxylation sites is 2. The van der Waals surface area contributed by atoms with E-state index in [1.165, 1.54) is 0 Å². The van der Waals surface area contributed by atoms with Crippen LogP contribution in [0, 0.1) is 0 Å². The minimum atomic E-state index is -2.61. The molecule has 0 N–H and O–H groups in total. The molecule has 1 amide bonds. The Balaban J connectivity index is 2.05. The van der Waals surface area contributed by atoms with E-state index in [0.29, 0.717) is 11.5 Å². The summed E-state index contributed by atoms with van der Waals surface area (Å²) >= 11 is 5.53. The molecular formula is C13H14ClF2NO3. The lowest BCUT2D eigenvalue weighted by Gasteiger charge is -2.30. The number of halogens is 3. The summed E-state index contributed by atoms with van der Waals surface area (Å²) in [6.07, 6.45) is -3.54. The quantitative estimate of drug-likeness (QED) is 0.783. The summed E-state index contributed by atoms with van der Waals surface area (Å²) in [5.41, 5.74) is 0. The largest absolute Gasteiger partial charge is 0.485 e. The van der Waals surface area contributed by atoms with Gasteiger partial charge in [-0.05, 0) is 12.1 Å². The highest BCUT2D eigenvalue weighted by molar-refractivity contribution is 6.18. The van der Waals surface area contributed by atoms with E-state index in [2.05, 4.69) is 0 Å². The number of carbonyl (C=O) groups is 1. The Morgan fingerprint density at radius 1 is 1.40 bits per heavy atom. The van der Waals surface area contributed by atoms with Crippen LogP contribution in [0.5, 0.6) is 11.5 Å². The molecule has 0 fully saturated rings. The Morgan fingerprint density at radius 3 is 2.75 bits per heavy atom. The van der Waals surface area contributed by atoms with Crippen LogP contribution in [0.4, 0.5) is 8.78 Å². The van der Waals surface area contributed by atoms with Crippen molar-refractivity contribution < 1.29 is 23.0 Å². The summed E-state index contributed by atoms with van der Waals surface area (Å²) in [6.45, 7) is -0.614. The van der Waals surface area contributed by atoms with Gasteiger partial charge in [-0.25, -0.2) is 8.78 Å². The predicted molar refractivity (Wildman–Crippen MR) is 69.7 cm³/mol. The number of hydrogen-bond acceptors (Lipinski definition) is 3. The van der Waals surface area contributed by atoms with Gasteiger partial charge in [0.05, 0.1) is 6.54 Å². The van der Waals surface area contributed by atoms with Gasteiger partial charge in [-0.15, -0.1) is 11.6 Å². The number of amides is 1. The highest BCUT2D eigenvalue weighted by atomic mass is 35.5. The maximum absolute atomic E-state index is 12.5. The Morgan fingerprint density at radius 2 is 2.10 bits per heavy atom. The number of fused-ring (bicyclic) bond motifs is 1. The topological polar surface area (TPSA) is 38.8 Å². The highest BCUT2D eigenvalue weighted by Crippen LogP contribution is 2.31. The van der Waals surface area contributed by atoms with Gasteiger partial charge in [0.2, 0.25) is 6.10 Å². The van der Waals surface area contributed by atoms with Crippen molar-refractivity contribution in [3.8, 4) is 11.5 Å². The van der Waals surface area contributed by atoms with Gasteiger partial charge in [0, 0.05) is 12.4 Å². The van der Waals surface area contributed by atoms with Crippen LogP contribution in [0.15, 0.2) is 24.3 Å². The van der Waals surface area contributed by atoms with Crippen LogP contribution < -0.4 is 9.47 Å². The van der Waals surface area contributed by atoms with Crippen molar-refractivity contribution in [3.63, 3.8) is 0 Å². The molecule has 0 spiro atoms. The summed E-state index contributed by atoms with van der Waals surface area (Å²) < 4.78 is 35.8. The molecule has 20 heavy (non-hydrogen) atoms. The van der Waals surface area contributed by atoms with Gasteiger partial charge in [-0.1, -0.05) is 12.1 Å². The number of rotatable bonds is 5. The second kappa shape index (κ2) is 6.74. The maximum Gasteiger partial charge on any atom is 0.267 e. The molecule has 0 bridgehead atoms. The molecule has 0 saturated carbocycles. The Labute approximate surface area is 120 Å². The normalized spacial score (nSPS) is 17.1. The standard InChI is InChI=1S/C13H14ClF2NO3/c14-5-6-17(7-12(15)16)13(18)11-8-19-9-3-1-2-4-10(9)20-11/h1-4,11-12H,5-8H2. The monoisotopic (exact) mass is 305 g/mol. The number of benzene rings is 1. The lowest BCUT2D eigenvalue weighted by molar-refractivity contribution is -0.142. The second-order valence-electron chi connectivity index (χ2n) is 4.23. The Bertz CT molecular complexity index is 473. The first-order chi connectivity index (χ1) is 9.61. The first-order valence-corrected chi connectivity index (χ1v) is 6.66. The Hall–Kier alpha value is -1.56. The molecule has 0 aromatic heterocycles. The van der Waals surface area contributed by atoms with Crippen LogP contribution in [-0.2, 0) is 4.79 Å². The fourth-order valence-corrected chi connectivity index (χ4v) is 2.11. The summed E-state index contributed by atoms with van der Waals surface area (Å²) in [6, 6.07) is 6.89. The summed E-state index contributed by atoms with van der Waals surface area (Å²) in [5, 5.41) is 0. The van der Waals surface area contributed by atoms with Gasteiger partial charge in [0.15, 0.2) is 11.5 Å². The van der Waals surface area contributed by atoms with Crippen molar-refractivity contribution in [2.45, 2.75) is 12.5 Å². The summed E-state index contributed by atoms with van der Waals surface area (Å²) in [4.78, 5) is 13.2. The van der Waals surface area contributed by atoms with E-state index in [1.807, 2.05) is 0 Å². The summed E-state index contributed by atoms with van der Waals surface area (Å²) in [5.74, 6) is 0.512. The van der Waals surface area contributed by atoms with E-state index in [1.54, 1.807) is 24.3 Å². The van der Waals surface area contributed by atoms with E-state index < -0.39 is 25.0 Å². The maximum atomic E-state index is 12.5. The number of nitrogens with zero attached hydrogens (tertiary/aromatic N) is 1. The molecule has 1 heterocycles. The van der Waals surface area contributed by atoms with Crippen LogP contribution in [-0.4, -0.2) is 48.9 Å². The summed E-state index contributed by atoms with van der Waals surface area (Å²) in [7, 11) is 0. The smallest absolute Gasteiger partial charge is 0.267 e. The molecule has 110 valence electrons. The van der Waals surface area contributed by atoms with Crippen molar-refractivity contribution in [2.75, 3.05) is 25.6 Å². The third-order valence-electron chi connectivity index (χ3n) is 2.81. The zero-order valence-electron chi connectivity index (χ0n) is 10.6. The van der Waals surface area contributed by atoms with Crippen LogP contribution in [0.3, 0.4) is 0 Å². The molecule has 4 nitrogen and oxygen atoms in total. The molecule has 1 atom stereocenters. The molecule has 0 aliphatic carbocycles. The molecule has 2 rings (SSSR count). The minimum Gasteiger partial charge on any atom is -0.485 e. The third-order valence-corrected chi connectivity index (χ3v) is 2.98. The van der Waals surface area contributed by atoms with Gasteiger partial charge in [0.25, 0.3) is 12.3 Å². The van der Waals surface area contributed by atoms with Gasteiger partial charge in [0.1, 0.15) is 6.61 Å². The van der Waals surface area contributed by atoms with Gasteiger partial charge in [-0.2, -0.15) is 0 Å². The fourth-order valence-electron chi connectivity index (χ4n) is 1.90. The van der Waals surface area contributed by atoms with E-state index >= 15 is 0 Å². The first kappa shape index (κ1) is 14.8. The third kappa shape index (κ3) is 3.50. The molecule has 1 aliphatic rings. The molecule has 7 heteroatoms. The molecule has 1 aromatic carbocycles. The van der Waals surface area contributed by atoms with Crippen molar-refractivity contribution in [1.82, 2.24) is 4.90 Å². The highest BCUT2D eigenvalue weighted by Gasteiger charge is 2.31. The SMILES string of the molecule is O=C(C1COc2ccccc2O1)N(CCCl)CC(F)F. The lowest BCUT2D eigenvalue weighted by atomic mass is 10.2. The zero-order chi connectivity index (χ0) is 14.5. The van der Waals surface area contributed by atoms with Gasteiger partial charge in [-0.3, -0.25) is 4.79 Å². The average Bonchev–Trinajstić information content (AvgIpc) is 2.45. The van der Waals surface area contributed by atoms with E-state index in [9.17, 15) is 13.6 Å². The molecule has 0 saturated heterocycles. The number of alkyl halides is 3. The second-order valence-corrected chi connectivity index (χ2v) is 4.61. The molecule has 1 unspecified atom stereocenters. The van der Waals surface area contributed by atoms with E-state index in [0.717, 1.165) is 4.90 Å². The van der Waals surface area contributed by atoms with Gasteiger partial charge < -0.3 is 14.4 Å². The van der Waals surface area contributed by atoms with E-state index in [4.69, 9.17) is 21.1 Å². The van der Waals surface area contributed by atoms with Gasteiger partial charge >= 0.3 is 0 Å². The van der Waals surface area contributed by atoms with E-state index in [-0.39, 0.29) is 19.0 Å². The minimum absolute atomic E-state index is 0.00211. The van der Waals surface area contributed by atoms with Crippen LogP contribution >= 0.6 is 11.6 Å². The van der Waals surface area contributed by atoms with Crippen LogP contribution in [0.25, 0.3) is 0 Å². The molecule has 1 aromatic rings. The number of ether oxygens (including phenoxy) is 2.